The predicted molar refractivity (Wildman–Crippen MR) is 108 cm³/mol. The number of rotatable bonds is 4. The van der Waals surface area contributed by atoms with Crippen LogP contribution in [0.1, 0.15) is 16.9 Å². The molecule has 8 heteroatoms. The lowest BCUT2D eigenvalue weighted by Crippen LogP contribution is -2.23. The minimum absolute atomic E-state index is 0.0931. The topological polar surface area (TPSA) is 64.0 Å². The largest absolute Gasteiger partial charge is 0.325 e. The first-order valence-electron chi connectivity index (χ1n) is 7.57. The molecule has 0 saturated carbocycles. The van der Waals surface area contributed by atoms with Crippen LogP contribution in [0.2, 0.25) is 0 Å². The van der Waals surface area contributed by atoms with Gasteiger partial charge in [0.25, 0.3) is 5.56 Å². The summed E-state index contributed by atoms with van der Waals surface area (Å²) in [5.41, 5.74) is 1.57. The van der Waals surface area contributed by atoms with E-state index in [1.54, 1.807) is 0 Å². The molecule has 0 radical (unpaired) electrons. The third-order valence-electron chi connectivity index (χ3n) is 3.94. The van der Waals surface area contributed by atoms with E-state index in [9.17, 15) is 9.59 Å². The predicted octanol–water partition coefficient (Wildman–Crippen LogP) is 4.63. The molecule has 0 atom stereocenters. The van der Waals surface area contributed by atoms with E-state index in [0.717, 1.165) is 24.2 Å². The van der Waals surface area contributed by atoms with E-state index in [1.807, 2.05) is 32.0 Å². The molecule has 0 fully saturated rings. The maximum absolute atomic E-state index is 12.6. The molecule has 0 aliphatic heterocycles. The average molecular weight is 485 g/mol. The van der Waals surface area contributed by atoms with Crippen LogP contribution in [0.3, 0.4) is 0 Å². The van der Waals surface area contributed by atoms with Gasteiger partial charge in [-0.15, -0.1) is 11.3 Å². The van der Waals surface area contributed by atoms with Crippen molar-refractivity contribution < 1.29 is 4.79 Å². The van der Waals surface area contributed by atoms with Gasteiger partial charge in [0.1, 0.15) is 4.83 Å². The molecule has 1 aromatic carbocycles. The number of hydrogen-bond donors (Lipinski definition) is 1. The van der Waals surface area contributed by atoms with E-state index in [1.165, 1.54) is 22.2 Å². The summed E-state index contributed by atoms with van der Waals surface area (Å²) >= 11 is 8.30. The van der Waals surface area contributed by atoms with Crippen molar-refractivity contribution in [2.75, 3.05) is 5.32 Å². The van der Waals surface area contributed by atoms with Gasteiger partial charge < -0.3 is 5.32 Å². The third kappa shape index (κ3) is 3.86. The Morgan fingerprint density at radius 2 is 2.08 bits per heavy atom. The van der Waals surface area contributed by atoms with Crippen molar-refractivity contribution in [1.29, 1.82) is 0 Å². The first-order chi connectivity index (χ1) is 11.9. The second-order valence-corrected chi connectivity index (χ2v) is 8.60. The van der Waals surface area contributed by atoms with Crippen LogP contribution in [0.15, 0.2) is 38.3 Å². The number of thiophene rings is 1. The van der Waals surface area contributed by atoms with Gasteiger partial charge in [-0.2, -0.15) is 0 Å². The normalized spacial score (nSPS) is 11.0. The zero-order valence-electron chi connectivity index (χ0n) is 13.6. The van der Waals surface area contributed by atoms with Crippen LogP contribution < -0.4 is 10.9 Å². The van der Waals surface area contributed by atoms with Gasteiger partial charge >= 0.3 is 0 Å². The number of carbonyl (C=O) groups excluding carboxylic acids is 1. The molecule has 1 N–H and O–H groups in total. The minimum atomic E-state index is -0.159. The van der Waals surface area contributed by atoms with Gasteiger partial charge in [0.05, 0.1) is 17.4 Å². The molecule has 0 bridgehead atoms. The van der Waals surface area contributed by atoms with Gasteiger partial charge in [-0.25, -0.2) is 4.98 Å². The molecule has 0 unspecified atom stereocenters. The smallest absolute Gasteiger partial charge is 0.262 e. The van der Waals surface area contributed by atoms with Crippen LogP contribution in [0.4, 0.5) is 5.69 Å². The molecule has 2 heterocycles. The molecule has 130 valence electrons. The second kappa shape index (κ2) is 7.39. The van der Waals surface area contributed by atoms with Crippen molar-refractivity contribution in [1.82, 2.24) is 9.55 Å². The molecule has 2 aromatic heterocycles. The average Bonchev–Trinajstić information content (AvgIpc) is 2.85. The Kier molecular flexibility index (Phi) is 5.41. The molecular formula is C17H15Br2N3O2S. The first-order valence-corrected chi connectivity index (χ1v) is 9.97. The van der Waals surface area contributed by atoms with Gasteiger partial charge in [-0.05, 0) is 53.5 Å². The van der Waals surface area contributed by atoms with Crippen LogP contribution in [-0.2, 0) is 11.3 Å². The van der Waals surface area contributed by atoms with Gasteiger partial charge in [0.15, 0.2) is 0 Å². The number of fused-ring (bicyclic) bond motifs is 1. The third-order valence-corrected chi connectivity index (χ3v) is 6.21. The van der Waals surface area contributed by atoms with Gasteiger partial charge in [-0.1, -0.05) is 15.9 Å². The van der Waals surface area contributed by atoms with Gasteiger partial charge in [0.2, 0.25) is 5.91 Å². The van der Waals surface area contributed by atoms with Gasteiger partial charge in [-0.3, -0.25) is 14.2 Å². The second-order valence-electron chi connectivity index (χ2n) is 5.63. The Balaban J connectivity index is 1.74. The number of hydrogen-bond acceptors (Lipinski definition) is 4. The van der Waals surface area contributed by atoms with Crippen molar-refractivity contribution in [3.63, 3.8) is 0 Å². The molecule has 0 aliphatic carbocycles. The summed E-state index contributed by atoms with van der Waals surface area (Å²) in [5.74, 6) is -0.159. The molecule has 3 rings (SSSR count). The molecule has 0 spiro atoms. The fraction of sp³-hybridized carbons (Fsp3) is 0.235. The molecule has 25 heavy (non-hydrogen) atoms. The molecule has 3 aromatic rings. The van der Waals surface area contributed by atoms with E-state index in [2.05, 4.69) is 42.2 Å². The Bertz CT molecular complexity index is 1030. The monoisotopic (exact) mass is 483 g/mol. The Hall–Kier alpha value is -1.51. The summed E-state index contributed by atoms with van der Waals surface area (Å²) in [6, 6.07) is 5.52. The Morgan fingerprint density at radius 3 is 2.80 bits per heavy atom. The fourth-order valence-electron chi connectivity index (χ4n) is 2.45. The van der Waals surface area contributed by atoms with Crippen molar-refractivity contribution >= 4 is 65.0 Å². The quantitative estimate of drug-likeness (QED) is 0.587. The highest BCUT2D eigenvalue weighted by Crippen LogP contribution is 2.27. The number of amides is 1. The number of halogens is 2. The number of carbonyl (C=O) groups is 1. The van der Waals surface area contributed by atoms with Crippen molar-refractivity contribution in [2.24, 2.45) is 0 Å². The standard InChI is InChI=1S/C17H15Br2N3O2S/c1-9-10(2)25-16-15(9)17(24)22(8-20-16)6-5-14(23)21-13-4-3-11(18)7-12(13)19/h3-4,7-8H,5-6H2,1-2H3,(H,21,23). The van der Waals surface area contributed by atoms with E-state index in [0.29, 0.717) is 11.1 Å². The minimum Gasteiger partial charge on any atom is -0.325 e. The summed E-state index contributed by atoms with van der Waals surface area (Å²) < 4.78 is 3.21. The summed E-state index contributed by atoms with van der Waals surface area (Å²) in [5, 5.41) is 3.49. The number of aromatic nitrogens is 2. The van der Waals surface area contributed by atoms with Crippen LogP contribution in [0.25, 0.3) is 10.2 Å². The van der Waals surface area contributed by atoms with E-state index < -0.39 is 0 Å². The molecule has 0 saturated heterocycles. The molecule has 1 amide bonds. The van der Waals surface area contributed by atoms with E-state index in [-0.39, 0.29) is 24.4 Å². The maximum atomic E-state index is 12.6. The summed E-state index contributed by atoms with van der Waals surface area (Å²) in [7, 11) is 0. The lowest BCUT2D eigenvalue weighted by Gasteiger charge is -2.09. The summed E-state index contributed by atoms with van der Waals surface area (Å²) in [6.45, 7) is 4.20. The van der Waals surface area contributed by atoms with Crippen molar-refractivity contribution in [2.45, 2.75) is 26.8 Å². The molecule has 0 aliphatic rings. The Morgan fingerprint density at radius 1 is 1.32 bits per heavy atom. The highest BCUT2D eigenvalue weighted by molar-refractivity contribution is 9.11. The highest BCUT2D eigenvalue weighted by Gasteiger charge is 2.13. The lowest BCUT2D eigenvalue weighted by atomic mass is 10.2. The van der Waals surface area contributed by atoms with Crippen molar-refractivity contribution in [3.8, 4) is 0 Å². The van der Waals surface area contributed by atoms with Crippen molar-refractivity contribution in [3.05, 3.63) is 54.3 Å². The van der Waals surface area contributed by atoms with E-state index in [4.69, 9.17) is 0 Å². The zero-order chi connectivity index (χ0) is 18.1. The maximum Gasteiger partial charge on any atom is 0.262 e. The van der Waals surface area contributed by atoms with Gasteiger partial charge in [0, 0.05) is 26.8 Å². The van der Waals surface area contributed by atoms with Crippen LogP contribution in [-0.4, -0.2) is 15.5 Å². The summed E-state index contributed by atoms with van der Waals surface area (Å²) in [6.07, 6.45) is 1.71. The van der Waals surface area contributed by atoms with Crippen LogP contribution in [0, 0.1) is 13.8 Å². The Labute approximate surface area is 165 Å². The molecular weight excluding hydrogens is 470 g/mol. The highest BCUT2D eigenvalue weighted by atomic mass is 79.9. The summed E-state index contributed by atoms with van der Waals surface area (Å²) in [4.78, 5) is 31.0. The van der Waals surface area contributed by atoms with Crippen LogP contribution in [0.5, 0.6) is 0 Å². The number of benzene rings is 1. The van der Waals surface area contributed by atoms with E-state index >= 15 is 0 Å². The fourth-order valence-corrected chi connectivity index (χ4v) is 4.59. The lowest BCUT2D eigenvalue weighted by molar-refractivity contribution is -0.116. The first kappa shape index (κ1) is 18.3. The number of aryl methyl sites for hydroxylation is 3. The van der Waals surface area contributed by atoms with Crippen LogP contribution >= 0.6 is 43.2 Å². The zero-order valence-corrected chi connectivity index (χ0v) is 17.6. The number of nitrogens with one attached hydrogen (secondary N) is 1. The SMILES string of the molecule is Cc1sc2ncn(CCC(=O)Nc3ccc(Br)cc3Br)c(=O)c2c1C. The number of nitrogens with zero attached hydrogens (tertiary/aromatic N) is 2. The number of anilines is 1. The molecule has 5 nitrogen and oxygen atoms in total.